The molecule has 0 saturated heterocycles. The standard InChI is InChI=1S/C12H7FN6S2/c1-6-9(21-18-14-6)11-17-19-10(15-16-12(19)20-11)7-2-4-8(13)5-3-7/h2-5H,1H3. The van der Waals surface area contributed by atoms with Crippen LogP contribution in [0.2, 0.25) is 0 Å². The van der Waals surface area contributed by atoms with Crippen molar-refractivity contribution in [3.05, 3.63) is 35.8 Å². The van der Waals surface area contributed by atoms with Gasteiger partial charge in [-0.3, -0.25) is 0 Å². The zero-order valence-corrected chi connectivity index (χ0v) is 12.3. The van der Waals surface area contributed by atoms with Crippen molar-refractivity contribution < 1.29 is 4.39 Å². The summed E-state index contributed by atoms with van der Waals surface area (Å²) < 4.78 is 18.6. The Bertz CT molecular complexity index is 923. The summed E-state index contributed by atoms with van der Waals surface area (Å²) in [5, 5.41) is 17.5. The van der Waals surface area contributed by atoms with Crippen LogP contribution in [0.1, 0.15) is 5.69 Å². The van der Waals surface area contributed by atoms with Crippen LogP contribution in [0.3, 0.4) is 0 Å². The lowest BCUT2D eigenvalue weighted by molar-refractivity contribution is 0.628. The summed E-state index contributed by atoms with van der Waals surface area (Å²) in [5.41, 5.74) is 1.60. The Hall–Kier alpha value is -2.26. The van der Waals surface area contributed by atoms with E-state index in [9.17, 15) is 4.39 Å². The molecular formula is C12H7FN6S2. The number of fused-ring (bicyclic) bond motifs is 1. The maximum absolute atomic E-state index is 13.0. The third kappa shape index (κ3) is 2.01. The number of hydrogen-bond donors (Lipinski definition) is 0. The third-order valence-corrected chi connectivity index (χ3v) is 4.82. The molecule has 0 aliphatic rings. The van der Waals surface area contributed by atoms with Gasteiger partial charge in [0.2, 0.25) is 4.96 Å². The van der Waals surface area contributed by atoms with E-state index in [1.165, 1.54) is 35.0 Å². The Kier molecular flexibility index (Phi) is 2.76. The molecule has 104 valence electrons. The van der Waals surface area contributed by atoms with Crippen LogP contribution in [0.15, 0.2) is 24.3 Å². The molecule has 4 rings (SSSR count). The third-order valence-electron chi connectivity index (χ3n) is 2.94. The van der Waals surface area contributed by atoms with E-state index in [2.05, 4.69) is 24.9 Å². The average molecular weight is 318 g/mol. The molecule has 3 heterocycles. The fourth-order valence-corrected chi connectivity index (χ4v) is 3.52. The van der Waals surface area contributed by atoms with Gasteiger partial charge in [-0.05, 0) is 42.7 Å². The van der Waals surface area contributed by atoms with Gasteiger partial charge in [-0.15, -0.1) is 15.3 Å². The van der Waals surface area contributed by atoms with E-state index in [0.717, 1.165) is 21.1 Å². The monoisotopic (exact) mass is 318 g/mol. The molecule has 1 aromatic carbocycles. The lowest BCUT2D eigenvalue weighted by Crippen LogP contribution is -1.91. The van der Waals surface area contributed by atoms with Gasteiger partial charge in [0.25, 0.3) is 0 Å². The molecule has 0 atom stereocenters. The van der Waals surface area contributed by atoms with Crippen LogP contribution in [0.25, 0.3) is 26.2 Å². The summed E-state index contributed by atoms with van der Waals surface area (Å²) in [4.78, 5) is 1.60. The number of aryl methyl sites for hydroxylation is 1. The van der Waals surface area contributed by atoms with Crippen LogP contribution in [0.5, 0.6) is 0 Å². The number of aromatic nitrogens is 6. The van der Waals surface area contributed by atoms with Crippen LogP contribution in [0, 0.1) is 12.7 Å². The molecule has 6 nitrogen and oxygen atoms in total. The maximum Gasteiger partial charge on any atom is 0.235 e. The van der Waals surface area contributed by atoms with Gasteiger partial charge in [0.1, 0.15) is 10.7 Å². The Morgan fingerprint density at radius 3 is 2.62 bits per heavy atom. The minimum atomic E-state index is -0.287. The van der Waals surface area contributed by atoms with Gasteiger partial charge >= 0.3 is 0 Å². The van der Waals surface area contributed by atoms with Gasteiger partial charge in [-0.1, -0.05) is 15.8 Å². The summed E-state index contributed by atoms with van der Waals surface area (Å²) in [6, 6.07) is 6.09. The predicted molar refractivity (Wildman–Crippen MR) is 77.7 cm³/mol. The lowest BCUT2D eigenvalue weighted by Gasteiger charge is -1.96. The summed E-state index contributed by atoms with van der Waals surface area (Å²) >= 11 is 2.72. The molecule has 0 bridgehead atoms. The molecule has 0 radical (unpaired) electrons. The van der Waals surface area contributed by atoms with E-state index in [4.69, 9.17) is 0 Å². The summed E-state index contributed by atoms with van der Waals surface area (Å²) in [7, 11) is 0. The molecule has 0 N–H and O–H groups in total. The summed E-state index contributed by atoms with van der Waals surface area (Å²) in [5.74, 6) is 0.299. The van der Waals surface area contributed by atoms with Gasteiger partial charge in [-0.2, -0.15) is 9.61 Å². The van der Waals surface area contributed by atoms with E-state index in [-0.39, 0.29) is 5.82 Å². The molecule has 0 fully saturated rings. The van der Waals surface area contributed by atoms with Gasteiger partial charge in [0.05, 0.1) is 5.69 Å². The molecule has 0 aliphatic carbocycles. The molecule has 4 aromatic rings. The fraction of sp³-hybridized carbons (Fsp3) is 0.0833. The first kappa shape index (κ1) is 12.5. The Balaban J connectivity index is 1.87. The molecule has 3 aromatic heterocycles. The van der Waals surface area contributed by atoms with Crippen molar-refractivity contribution in [3.63, 3.8) is 0 Å². The first-order valence-electron chi connectivity index (χ1n) is 6.00. The lowest BCUT2D eigenvalue weighted by atomic mass is 10.2. The largest absolute Gasteiger partial charge is 0.235 e. The van der Waals surface area contributed by atoms with E-state index < -0.39 is 0 Å². The second-order valence-corrected chi connectivity index (χ2v) is 6.03. The van der Waals surface area contributed by atoms with Crippen LogP contribution >= 0.6 is 22.9 Å². The van der Waals surface area contributed by atoms with Crippen LogP contribution in [-0.2, 0) is 0 Å². The van der Waals surface area contributed by atoms with Crippen molar-refractivity contribution in [1.29, 1.82) is 0 Å². The Labute approximate surface area is 126 Å². The minimum absolute atomic E-state index is 0.287. The van der Waals surface area contributed by atoms with Crippen molar-refractivity contribution in [2.75, 3.05) is 0 Å². The zero-order valence-electron chi connectivity index (χ0n) is 10.7. The SMILES string of the molecule is Cc1nnsc1-c1nn2c(-c3ccc(F)cc3)nnc2s1. The molecule has 0 aliphatic heterocycles. The molecule has 0 amide bonds. The first-order chi connectivity index (χ1) is 10.2. The van der Waals surface area contributed by atoms with Crippen molar-refractivity contribution in [2.24, 2.45) is 0 Å². The topological polar surface area (TPSA) is 68.9 Å². The van der Waals surface area contributed by atoms with Crippen molar-refractivity contribution in [2.45, 2.75) is 6.92 Å². The van der Waals surface area contributed by atoms with E-state index in [1.807, 2.05) is 6.92 Å². The molecular weight excluding hydrogens is 311 g/mol. The smallest absolute Gasteiger partial charge is 0.207 e. The van der Waals surface area contributed by atoms with Crippen molar-refractivity contribution in [1.82, 2.24) is 29.4 Å². The molecule has 0 saturated carbocycles. The highest BCUT2D eigenvalue weighted by Crippen LogP contribution is 2.31. The highest BCUT2D eigenvalue weighted by Gasteiger charge is 2.17. The number of nitrogens with zero attached hydrogens (tertiary/aromatic N) is 6. The normalized spacial score (nSPS) is 11.3. The Morgan fingerprint density at radius 2 is 1.90 bits per heavy atom. The highest BCUT2D eigenvalue weighted by atomic mass is 32.1. The van der Waals surface area contributed by atoms with Gasteiger partial charge < -0.3 is 0 Å². The van der Waals surface area contributed by atoms with E-state index in [0.29, 0.717) is 10.8 Å². The van der Waals surface area contributed by atoms with E-state index in [1.54, 1.807) is 16.6 Å². The average Bonchev–Trinajstić information content (AvgIpc) is 3.14. The fourth-order valence-electron chi connectivity index (χ4n) is 1.92. The summed E-state index contributed by atoms with van der Waals surface area (Å²) in [6.07, 6.45) is 0. The van der Waals surface area contributed by atoms with E-state index >= 15 is 0 Å². The molecule has 9 heteroatoms. The van der Waals surface area contributed by atoms with Gasteiger partial charge in [0.15, 0.2) is 10.8 Å². The van der Waals surface area contributed by atoms with Crippen molar-refractivity contribution >= 4 is 27.8 Å². The quantitative estimate of drug-likeness (QED) is 0.568. The predicted octanol–water partition coefficient (Wildman–Crippen LogP) is 2.82. The molecule has 21 heavy (non-hydrogen) atoms. The van der Waals surface area contributed by atoms with Crippen molar-refractivity contribution in [3.8, 4) is 21.3 Å². The van der Waals surface area contributed by atoms with Crippen LogP contribution in [-0.4, -0.2) is 29.4 Å². The van der Waals surface area contributed by atoms with Crippen LogP contribution < -0.4 is 0 Å². The second kappa shape index (κ2) is 4.64. The zero-order chi connectivity index (χ0) is 14.4. The number of halogens is 1. The summed E-state index contributed by atoms with van der Waals surface area (Å²) in [6.45, 7) is 1.89. The van der Waals surface area contributed by atoms with Gasteiger partial charge in [-0.25, -0.2) is 4.39 Å². The van der Waals surface area contributed by atoms with Crippen LogP contribution in [0.4, 0.5) is 4.39 Å². The van der Waals surface area contributed by atoms with Gasteiger partial charge in [0, 0.05) is 5.56 Å². The first-order valence-corrected chi connectivity index (χ1v) is 7.59. The molecule has 0 unspecified atom stereocenters. The number of benzene rings is 1. The highest BCUT2D eigenvalue weighted by molar-refractivity contribution is 7.23. The number of hydrogen-bond acceptors (Lipinski definition) is 7. The maximum atomic E-state index is 13.0. The Morgan fingerprint density at radius 1 is 1.10 bits per heavy atom. The molecule has 0 spiro atoms. The second-order valence-electron chi connectivity index (χ2n) is 4.32. The number of rotatable bonds is 2. The minimum Gasteiger partial charge on any atom is -0.207 e.